The largest absolute Gasteiger partial charge is 0.491 e. The Balaban J connectivity index is 2.87. The van der Waals surface area contributed by atoms with Crippen molar-refractivity contribution in [2.75, 3.05) is 0 Å². The lowest BCUT2D eigenvalue weighted by Crippen LogP contribution is -2.15. The van der Waals surface area contributed by atoms with Gasteiger partial charge in [0.2, 0.25) is 0 Å². The van der Waals surface area contributed by atoms with Crippen molar-refractivity contribution >= 4 is 5.97 Å². The Hall–Kier alpha value is -1.56. The van der Waals surface area contributed by atoms with Gasteiger partial charge in [-0.05, 0) is 12.1 Å². The smallest absolute Gasteiger partial charge is 0.305 e. The van der Waals surface area contributed by atoms with Crippen LogP contribution in [0.15, 0.2) is 4.52 Å². The minimum absolute atomic E-state index is 0.252. The first-order chi connectivity index (χ1) is 6.02. The number of aryl methyl sites for hydroxylation is 1. The van der Waals surface area contributed by atoms with Gasteiger partial charge in [0.15, 0.2) is 0 Å². The highest BCUT2D eigenvalue weighted by atomic mass is 16.5. The van der Waals surface area contributed by atoms with E-state index in [4.69, 9.17) is 15.9 Å². The van der Waals surface area contributed by atoms with E-state index in [9.17, 15) is 4.79 Å². The van der Waals surface area contributed by atoms with E-state index in [1.54, 1.807) is 6.92 Å². The number of rotatable bonds is 3. The summed E-state index contributed by atoms with van der Waals surface area (Å²) in [6, 6.07) is -0.788. The van der Waals surface area contributed by atoms with Gasteiger partial charge in [-0.1, -0.05) is 0 Å². The lowest BCUT2D eigenvalue weighted by Gasteiger charge is -2.05. The van der Waals surface area contributed by atoms with Gasteiger partial charge in [0, 0.05) is 6.04 Å². The summed E-state index contributed by atoms with van der Waals surface area (Å²) in [5, 5.41) is 20.8. The molecule has 6 heteroatoms. The molecule has 0 aliphatic carbocycles. The molecular weight excluding hydrogens is 176 g/mol. The SMILES string of the molecule is Cc1onc(O)c1[C@@H](N)CC(=O)O. The summed E-state index contributed by atoms with van der Waals surface area (Å²) in [6.45, 7) is 1.56. The molecule has 0 aromatic carbocycles. The zero-order valence-corrected chi connectivity index (χ0v) is 7.02. The van der Waals surface area contributed by atoms with E-state index in [1.807, 2.05) is 0 Å². The molecule has 1 atom stereocenters. The normalized spacial score (nSPS) is 12.8. The van der Waals surface area contributed by atoms with Crippen molar-refractivity contribution in [2.45, 2.75) is 19.4 Å². The number of nitrogens with zero attached hydrogens (tertiary/aromatic N) is 1. The molecule has 0 saturated carbocycles. The standard InChI is InChI=1S/C7H10N2O4/c1-3-6(7(12)9-13-3)4(8)2-5(10)11/h4H,2,8H2,1H3,(H,9,12)(H,10,11)/t4-/m0/s1. The Morgan fingerprint density at radius 2 is 2.38 bits per heavy atom. The molecule has 6 nitrogen and oxygen atoms in total. The minimum atomic E-state index is -1.03. The first kappa shape index (κ1) is 9.53. The average Bonchev–Trinajstić information content (AvgIpc) is 2.29. The Kier molecular flexibility index (Phi) is 2.52. The van der Waals surface area contributed by atoms with E-state index < -0.39 is 12.0 Å². The minimum Gasteiger partial charge on any atom is -0.491 e. The lowest BCUT2D eigenvalue weighted by molar-refractivity contribution is -0.137. The third-order valence-electron chi connectivity index (χ3n) is 1.65. The number of carbonyl (C=O) groups is 1. The summed E-state index contributed by atoms with van der Waals surface area (Å²) in [5.41, 5.74) is 5.75. The fourth-order valence-electron chi connectivity index (χ4n) is 1.08. The molecule has 0 aliphatic rings. The molecule has 0 radical (unpaired) electrons. The van der Waals surface area contributed by atoms with Crippen LogP contribution in [0.25, 0.3) is 0 Å². The number of aliphatic carboxylic acids is 1. The monoisotopic (exact) mass is 186 g/mol. The van der Waals surface area contributed by atoms with E-state index >= 15 is 0 Å². The fourth-order valence-corrected chi connectivity index (χ4v) is 1.08. The van der Waals surface area contributed by atoms with Crippen molar-refractivity contribution in [3.63, 3.8) is 0 Å². The molecular formula is C7H10N2O4. The molecule has 1 aromatic heterocycles. The predicted octanol–water partition coefficient (Wildman–Crippen LogP) is 0.163. The van der Waals surface area contributed by atoms with Crippen LogP contribution in [0.1, 0.15) is 23.8 Å². The number of hydrogen-bond donors (Lipinski definition) is 3. The second kappa shape index (κ2) is 3.44. The number of carboxylic acid groups (broad SMARTS) is 1. The van der Waals surface area contributed by atoms with Crippen molar-refractivity contribution in [3.05, 3.63) is 11.3 Å². The molecule has 72 valence electrons. The number of hydrogen-bond acceptors (Lipinski definition) is 5. The van der Waals surface area contributed by atoms with Crippen molar-refractivity contribution < 1.29 is 19.5 Å². The molecule has 0 amide bonds. The van der Waals surface area contributed by atoms with Crippen molar-refractivity contribution in [3.8, 4) is 5.88 Å². The van der Waals surface area contributed by atoms with Gasteiger partial charge >= 0.3 is 5.97 Å². The highest BCUT2D eigenvalue weighted by molar-refractivity contribution is 5.68. The van der Waals surface area contributed by atoms with E-state index in [1.165, 1.54) is 0 Å². The van der Waals surface area contributed by atoms with E-state index in [0.29, 0.717) is 5.76 Å². The van der Waals surface area contributed by atoms with Gasteiger partial charge in [-0.3, -0.25) is 4.79 Å². The Morgan fingerprint density at radius 3 is 2.77 bits per heavy atom. The van der Waals surface area contributed by atoms with Gasteiger partial charge < -0.3 is 20.5 Å². The molecule has 1 heterocycles. The van der Waals surface area contributed by atoms with Crippen molar-refractivity contribution in [1.82, 2.24) is 5.16 Å². The van der Waals surface area contributed by atoms with Crippen molar-refractivity contribution in [1.29, 1.82) is 0 Å². The van der Waals surface area contributed by atoms with E-state index in [0.717, 1.165) is 0 Å². The summed E-state index contributed by atoms with van der Waals surface area (Å²) in [4.78, 5) is 10.3. The quantitative estimate of drug-likeness (QED) is 0.620. The molecule has 0 saturated heterocycles. The summed E-state index contributed by atoms with van der Waals surface area (Å²) in [7, 11) is 0. The average molecular weight is 186 g/mol. The molecule has 0 spiro atoms. The highest BCUT2D eigenvalue weighted by Crippen LogP contribution is 2.26. The van der Waals surface area contributed by atoms with Crippen LogP contribution in [0.2, 0.25) is 0 Å². The second-order valence-electron chi connectivity index (χ2n) is 2.68. The molecule has 1 aromatic rings. The maximum atomic E-state index is 10.3. The first-order valence-corrected chi connectivity index (χ1v) is 3.65. The van der Waals surface area contributed by atoms with Crippen LogP contribution in [-0.2, 0) is 4.79 Å². The Bertz CT molecular complexity index is 301. The molecule has 0 fully saturated rings. The molecule has 1 rings (SSSR count). The van der Waals surface area contributed by atoms with Gasteiger partial charge in [-0.25, -0.2) is 0 Å². The van der Waals surface area contributed by atoms with Crippen LogP contribution in [0.4, 0.5) is 0 Å². The molecule has 0 bridgehead atoms. The zero-order chi connectivity index (χ0) is 10.0. The molecule has 13 heavy (non-hydrogen) atoms. The zero-order valence-electron chi connectivity index (χ0n) is 7.02. The predicted molar refractivity (Wildman–Crippen MR) is 42.1 cm³/mol. The van der Waals surface area contributed by atoms with E-state index in [2.05, 4.69) is 9.68 Å². The number of aromatic nitrogens is 1. The summed E-state index contributed by atoms with van der Waals surface area (Å²) < 4.78 is 4.63. The highest BCUT2D eigenvalue weighted by Gasteiger charge is 2.21. The lowest BCUT2D eigenvalue weighted by atomic mass is 10.1. The summed E-state index contributed by atoms with van der Waals surface area (Å²) in [6.07, 6.45) is -0.268. The number of aromatic hydroxyl groups is 1. The summed E-state index contributed by atoms with van der Waals surface area (Å²) in [5.74, 6) is -1.04. The van der Waals surface area contributed by atoms with Crippen LogP contribution in [-0.4, -0.2) is 21.3 Å². The molecule has 0 aliphatic heterocycles. The van der Waals surface area contributed by atoms with E-state index in [-0.39, 0.29) is 17.9 Å². The number of nitrogens with two attached hydrogens (primary N) is 1. The van der Waals surface area contributed by atoms with Crippen LogP contribution in [0.3, 0.4) is 0 Å². The topological polar surface area (TPSA) is 110 Å². The maximum absolute atomic E-state index is 10.3. The van der Waals surface area contributed by atoms with Crippen LogP contribution >= 0.6 is 0 Å². The Morgan fingerprint density at radius 1 is 1.77 bits per heavy atom. The van der Waals surface area contributed by atoms with Gasteiger partial charge in [0.05, 0.1) is 12.0 Å². The summed E-state index contributed by atoms with van der Waals surface area (Å²) >= 11 is 0. The molecule has 0 unspecified atom stereocenters. The Labute approximate surface area is 73.9 Å². The third-order valence-corrected chi connectivity index (χ3v) is 1.65. The van der Waals surface area contributed by atoms with Crippen molar-refractivity contribution in [2.24, 2.45) is 5.73 Å². The first-order valence-electron chi connectivity index (χ1n) is 3.65. The van der Waals surface area contributed by atoms with Crippen LogP contribution in [0.5, 0.6) is 5.88 Å². The second-order valence-corrected chi connectivity index (χ2v) is 2.68. The maximum Gasteiger partial charge on any atom is 0.305 e. The number of carboxylic acids is 1. The fraction of sp³-hybridized carbons (Fsp3) is 0.429. The van der Waals surface area contributed by atoms with Gasteiger partial charge in [-0.2, -0.15) is 0 Å². The molecule has 4 N–H and O–H groups in total. The van der Waals surface area contributed by atoms with Gasteiger partial charge in [-0.15, -0.1) is 0 Å². The van der Waals surface area contributed by atoms with Crippen LogP contribution < -0.4 is 5.73 Å². The van der Waals surface area contributed by atoms with Gasteiger partial charge in [0.25, 0.3) is 5.88 Å². The van der Waals surface area contributed by atoms with Gasteiger partial charge in [0.1, 0.15) is 5.76 Å². The third kappa shape index (κ3) is 1.97. The van der Waals surface area contributed by atoms with Crippen LogP contribution in [0, 0.1) is 6.92 Å².